The summed E-state index contributed by atoms with van der Waals surface area (Å²) >= 11 is 1.66. The van der Waals surface area contributed by atoms with E-state index < -0.39 is 0 Å². The van der Waals surface area contributed by atoms with Crippen molar-refractivity contribution in [2.45, 2.75) is 13.0 Å². The molecule has 1 unspecified atom stereocenters. The fourth-order valence-corrected chi connectivity index (χ4v) is 2.07. The number of benzene rings is 1. The fraction of sp³-hybridized carbons (Fsp3) is 0.300. The van der Waals surface area contributed by atoms with Gasteiger partial charge in [-0.15, -0.1) is 0 Å². The van der Waals surface area contributed by atoms with Gasteiger partial charge in [-0.3, -0.25) is 0 Å². The molecule has 14 heavy (non-hydrogen) atoms. The van der Waals surface area contributed by atoms with Crippen molar-refractivity contribution in [3.8, 4) is 0 Å². The van der Waals surface area contributed by atoms with E-state index in [1.807, 2.05) is 25.1 Å². The first-order chi connectivity index (χ1) is 6.75. The smallest absolute Gasteiger partial charge is 0.183 e. The van der Waals surface area contributed by atoms with E-state index >= 15 is 0 Å². The highest BCUT2D eigenvalue weighted by Crippen LogP contribution is 2.24. The van der Waals surface area contributed by atoms with E-state index in [2.05, 4.69) is 16.4 Å². The first-order valence-electron chi connectivity index (χ1n) is 4.61. The van der Waals surface area contributed by atoms with Gasteiger partial charge in [0.1, 0.15) is 0 Å². The van der Waals surface area contributed by atoms with E-state index in [1.54, 1.807) is 11.3 Å². The molecule has 2 aromatic rings. The van der Waals surface area contributed by atoms with Crippen LogP contribution in [-0.2, 0) is 0 Å². The first kappa shape index (κ1) is 9.43. The molecule has 1 aromatic heterocycles. The van der Waals surface area contributed by atoms with E-state index in [1.165, 1.54) is 4.70 Å². The van der Waals surface area contributed by atoms with Gasteiger partial charge in [0.15, 0.2) is 5.13 Å². The molecule has 2 rings (SSSR count). The molecular weight excluding hydrogens is 194 g/mol. The molecule has 0 fully saturated rings. The number of anilines is 1. The van der Waals surface area contributed by atoms with E-state index in [0.29, 0.717) is 0 Å². The number of fused-ring (bicyclic) bond motifs is 1. The van der Waals surface area contributed by atoms with Crippen LogP contribution in [0.1, 0.15) is 6.92 Å². The molecule has 0 aliphatic carbocycles. The summed E-state index contributed by atoms with van der Waals surface area (Å²) in [6.07, 6.45) is 0. The Kier molecular flexibility index (Phi) is 2.65. The Labute approximate surface area is 87.0 Å². The molecule has 0 aliphatic heterocycles. The quantitative estimate of drug-likeness (QED) is 0.810. The minimum Gasteiger partial charge on any atom is -0.360 e. The molecular formula is C10H13N3S. The molecule has 0 aliphatic rings. The molecule has 0 bridgehead atoms. The van der Waals surface area contributed by atoms with Crippen molar-refractivity contribution in [1.29, 1.82) is 0 Å². The summed E-state index contributed by atoms with van der Waals surface area (Å²) < 4.78 is 1.21. The summed E-state index contributed by atoms with van der Waals surface area (Å²) in [5.74, 6) is 0. The summed E-state index contributed by atoms with van der Waals surface area (Å²) in [6, 6.07) is 8.27. The van der Waals surface area contributed by atoms with Gasteiger partial charge < -0.3 is 11.1 Å². The predicted molar refractivity (Wildman–Crippen MR) is 61.8 cm³/mol. The third-order valence-electron chi connectivity index (χ3n) is 1.87. The Balaban J connectivity index is 2.19. The van der Waals surface area contributed by atoms with E-state index in [-0.39, 0.29) is 6.04 Å². The maximum Gasteiger partial charge on any atom is 0.183 e. The van der Waals surface area contributed by atoms with Gasteiger partial charge in [-0.2, -0.15) is 0 Å². The summed E-state index contributed by atoms with van der Waals surface area (Å²) in [5, 5.41) is 4.16. The second kappa shape index (κ2) is 3.94. The highest BCUT2D eigenvalue weighted by Gasteiger charge is 2.02. The van der Waals surface area contributed by atoms with Gasteiger partial charge in [0.25, 0.3) is 0 Å². The van der Waals surface area contributed by atoms with Crippen LogP contribution in [0.5, 0.6) is 0 Å². The molecule has 1 heterocycles. The normalized spacial score (nSPS) is 13.0. The summed E-state index contributed by atoms with van der Waals surface area (Å²) in [5.41, 5.74) is 6.69. The Morgan fingerprint density at radius 1 is 1.50 bits per heavy atom. The van der Waals surface area contributed by atoms with E-state index in [0.717, 1.165) is 17.2 Å². The van der Waals surface area contributed by atoms with Crippen LogP contribution in [0, 0.1) is 0 Å². The predicted octanol–water partition coefficient (Wildman–Crippen LogP) is 2.06. The van der Waals surface area contributed by atoms with Crippen molar-refractivity contribution in [1.82, 2.24) is 4.98 Å². The van der Waals surface area contributed by atoms with E-state index in [4.69, 9.17) is 5.73 Å². The molecule has 0 radical (unpaired) electrons. The Morgan fingerprint density at radius 3 is 3.00 bits per heavy atom. The third kappa shape index (κ3) is 2.02. The van der Waals surface area contributed by atoms with Crippen molar-refractivity contribution in [3.63, 3.8) is 0 Å². The minimum atomic E-state index is 0.155. The zero-order chi connectivity index (χ0) is 9.97. The highest BCUT2D eigenvalue weighted by molar-refractivity contribution is 7.22. The van der Waals surface area contributed by atoms with Gasteiger partial charge in [0.05, 0.1) is 10.2 Å². The maximum atomic E-state index is 5.65. The topological polar surface area (TPSA) is 50.9 Å². The van der Waals surface area contributed by atoms with Crippen LogP contribution in [0.2, 0.25) is 0 Å². The molecule has 0 saturated heterocycles. The number of hydrogen-bond acceptors (Lipinski definition) is 4. The number of thiazole rings is 1. The van der Waals surface area contributed by atoms with Crippen molar-refractivity contribution >= 4 is 26.7 Å². The molecule has 3 N–H and O–H groups in total. The van der Waals surface area contributed by atoms with Crippen molar-refractivity contribution < 1.29 is 0 Å². The fourth-order valence-electron chi connectivity index (χ4n) is 1.20. The maximum absolute atomic E-state index is 5.65. The number of para-hydroxylation sites is 1. The van der Waals surface area contributed by atoms with Gasteiger partial charge in [0, 0.05) is 12.6 Å². The average molecular weight is 207 g/mol. The zero-order valence-corrected chi connectivity index (χ0v) is 8.84. The molecule has 0 saturated carbocycles. The van der Waals surface area contributed by atoms with E-state index in [9.17, 15) is 0 Å². The minimum absolute atomic E-state index is 0.155. The second-order valence-electron chi connectivity index (χ2n) is 3.34. The van der Waals surface area contributed by atoms with Crippen LogP contribution >= 0.6 is 11.3 Å². The summed E-state index contributed by atoms with van der Waals surface area (Å²) in [4.78, 5) is 4.44. The SMILES string of the molecule is CC(N)CNc1nc2ccccc2s1. The van der Waals surface area contributed by atoms with Crippen LogP contribution in [0.15, 0.2) is 24.3 Å². The highest BCUT2D eigenvalue weighted by atomic mass is 32.1. The van der Waals surface area contributed by atoms with Crippen molar-refractivity contribution in [2.24, 2.45) is 5.73 Å². The molecule has 3 nitrogen and oxygen atoms in total. The molecule has 1 atom stereocenters. The third-order valence-corrected chi connectivity index (χ3v) is 2.86. The number of rotatable bonds is 3. The van der Waals surface area contributed by atoms with Gasteiger partial charge in [-0.25, -0.2) is 4.98 Å². The lowest BCUT2D eigenvalue weighted by atomic mass is 10.3. The monoisotopic (exact) mass is 207 g/mol. The number of nitrogens with zero attached hydrogens (tertiary/aromatic N) is 1. The lowest BCUT2D eigenvalue weighted by molar-refractivity contribution is 0.779. The van der Waals surface area contributed by atoms with Crippen LogP contribution in [0.3, 0.4) is 0 Å². The average Bonchev–Trinajstić information content (AvgIpc) is 2.57. The second-order valence-corrected chi connectivity index (χ2v) is 4.38. The standard InChI is InChI=1S/C10H13N3S/c1-7(11)6-12-10-13-8-4-2-3-5-9(8)14-10/h2-5,7H,6,11H2,1H3,(H,12,13). The number of nitrogens with two attached hydrogens (primary N) is 1. The van der Waals surface area contributed by atoms with Gasteiger partial charge in [0.2, 0.25) is 0 Å². The molecule has 0 spiro atoms. The lowest BCUT2D eigenvalue weighted by Gasteiger charge is -2.04. The first-order valence-corrected chi connectivity index (χ1v) is 5.42. The molecule has 0 amide bonds. The number of aromatic nitrogens is 1. The largest absolute Gasteiger partial charge is 0.360 e. The number of nitrogens with one attached hydrogen (secondary N) is 1. The molecule has 74 valence electrons. The zero-order valence-electron chi connectivity index (χ0n) is 8.03. The Morgan fingerprint density at radius 2 is 2.29 bits per heavy atom. The lowest BCUT2D eigenvalue weighted by Crippen LogP contribution is -2.25. The molecule has 1 aromatic carbocycles. The van der Waals surface area contributed by atoms with Gasteiger partial charge in [-0.05, 0) is 19.1 Å². The van der Waals surface area contributed by atoms with Crippen molar-refractivity contribution in [2.75, 3.05) is 11.9 Å². The molecule has 4 heteroatoms. The van der Waals surface area contributed by atoms with Crippen LogP contribution in [-0.4, -0.2) is 17.6 Å². The summed E-state index contributed by atoms with van der Waals surface area (Å²) in [7, 11) is 0. The van der Waals surface area contributed by atoms with Crippen LogP contribution in [0.25, 0.3) is 10.2 Å². The Bertz CT molecular complexity index is 389. The van der Waals surface area contributed by atoms with Gasteiger partial charge in [-0.1, -0.05) is 23.5 Å². The van der Waals surface area contributed by atoms with Crippen LogP contribution < -0.4 is 11.1 Å². The summed E-state index contributed by atoms with van der Waals surface area (Å²) in [6.45, 7) is 2.74. The number of hydrogen-bond donors (Lipinski definition) is 2. The van der Waals surface area contributed by atoms with Gasteiger partial charge >= 0.3 is 0 Å². The Hall–Kier alpha value is -1.13. The van der Waals surface area contributed by atoms with Crippen LogP contribution in [0.4, 0.5) is 5.13 Å². The van der Waals surface area contributed by atoms with Crippen molar-refractivity contribution in [3.05, 3.63) is 24.3 Å².